The Labute approximate surface area is 164 Å². The summed E-state index contributed by atoms with van der Waals surface area (Å²) in [7, 11) is 0. The van der Waals surface area contributed by atoms with Gasteiger partial charge < -0.3 is 10.6 Å². The first-order valence-corrected chi connectivity index (χ1v) is 9.47. The minimum atomic E-state index is -0.434. The number of nitrogens with one attached hydrogen (secondary N) is 2. The Balaban J connectivity index is 1.40. The fourth-order valence-corrected chi connectivity index (χ4v) is 3.38. The van der Waals surface area contributed by atoms with Gasteiger partial charge in [0.1, 0.15) is 0 Å². The van der Waals surface area contributed by atoms with Crippen LogP contribution in [0.2, 0.25) is 0 Å². The van der Waals surface area contributed by atoms with Gasteiger partial charge in [0.25, 0.3) is 5.91 Å². The van der Waals surface area contributed by atoms with Gasteiger partial charge in [0.2, 0.25) is 5.91 Å². The Morgan fingerprint density at radius 3 is 2.00 bits per heavy atom. The minimum Gasteiger partial charge on any atom is -0.351 e. The average Bonchev–Trinajstić information content (AvgIpc) is 3.56. The number of carbonyl (C=O) groups is 2. The largest absolute Gasteiger partial charge is 0.351 e. The smallest absolute Gasteiger partial charge is 0.255 e. The molecule has 1 saturated carbocycles. The van der Waals surface area contributed by atoms with Gasteiger partial charge in [0.05, 0.1) is 5.41 Å². The van der Waals surface area contributed by atoms with Crippen molar-refractivity contribution in [1.29, 1.82) is 0 Å². The highest BCUT2D eigenvalue weighted by Gasteiger charge is 2.51. The van der Waals surface area contributed by atoms with Crippen molar-refractivity contribution in [3.63, 3.8) is 0 Å². The zero-order valence-electron chi connectivity index (χ0n) is 15.5. The van der Waals surface area contributed by atoms with E-state index in [9.17, 15) is 9.59 Å². The Hall–Kier alpha value is -3.40. The average molecular weight is 370 g/mol. The van der Waals surface area contributed by atoms with Crippen molar-refractivity contribution in [1.82, 2.24) is 5.32 Å². The molecule has 0 heterocycles. The lowest BCUT2D eigenvalue weighted by atomic mass is 9.94. The van der Waals surface area contributed by atoms with Crippen LogP contribution >= 0.6 is 0 Å². The maximum atomic E-state index is 12.8. The van der Waals surface area contributed by atoms with E-state index in [0.717, 1.165) is 29.7 Å². The van der Waals surface area contributed by atoms with E-state index in [1.165, 1.54) is 0 Å². The standard InChI is InChI=1S/C24H22N2O2/c27-22(19-9-5-2-6-10-19)26-21-13-11-20(12-14-21)24(15-16-24)23(28)25-17-18-7-3-1-4-8-18/h1-14H,15-17H2,(H,25,28)(H,26,27). The van der Waals surface area contributed by atoms with E-state index < -0.39 is 5.41 Å². The maximum absolute atomic E-state index is 12.8. The monoisotopic (exact) mass is 370 g/mol. The molecule has 140 valence electrons. The summed E-state index contributed by atoms with van der Waals surface area (Å²) >= 11 is 0. The summed E-state index contributed by atoms with van der Waals surface area (Å²) in [6, 6.07) is 26.6. The normalized spacial score (nSPS) is 14.1. The van der Waals surface area contributed by atoms with Crippen LogP contribution in [0.15, 0.2) is 84.9 Å². The summed E-state index contributed by atoms with van der Waals surface area (Å²) in [4.78, 5) is 25.0. The summed E-state index contributed by atoms with van der Waals surface area (Å²) in [5, 5.41) is 5.95. The van der Waals surface area contributed by atoms with Crippen LogP contribution in [0.3, 0.4) is 0 Å². The van der Waals surface area contributed by atoms with Crippen LogP contribution in [0, 0.1) is 0 Å². The van der Waals surface area contributed by atoms with Crippen molar-refractivity contribution >= 4 is 17.5 Å². The van der Waals surface area contributed by atoms with Crippen LogP contribution in [0.4, 0.5) is 5.69 Å². The quantitative estimate of drug-likeness (QED) is 0.680. The molecule has 0 unspecified atom stereocenters. The summed E-state index contributed by atoms with van der Waals surface area (Å²) in [5.74, 6) is -0.0764. The van der Waals surface area contributed by atoms with Gasteiger partial charge in [-0.05, 0) is 48.2 Å². The highest BCUT2D eigenvalue weighted by Crippen LogP contribution is 2.48. The van der Waals surface area contributed by atoms with E-state index >= 15 is 0 Å². The van der Waals surface area contributed by atoms with Gasteiger partial charge in [-0.25, -0.2) is 0 Å². The van der Waals surface area contributed by atoms with Gasteiger partial charge in [-0.15, -0.1) is 0 Å². The molecule has 0 aromatic heterocycles. The number of carbonyl (C=O) groups excluding carboxylic acids is 2. The first-order chi connectivity index (χ1) is 13.7. The first-order valence-electron chi connectivity index (χ1n) is 9.47. The molecule has 1 aliphatic carbocycles. The van der Waals surface area contributed by atoms with Crippen LogP contribution < -0.4 is 10.6 Å². The lowest BCUT2D eigenvalue weighted by molar-refractivity contribution is -0.123. The molecule has 1 fully saturated rings. The van der Waals surface area contributed by atoms with E-state index in [0.29, 0.717) is 12.1 Å². The molecule has 4 nitrogen and oxygen atoms in total. The van der Waals surface area contributed by atoms with Crippen molar-refractivity contribution < 1.29 is 9.59 Å². The summed E-state index contributed by atoms with van der Waals surface area (Å²) < 4.78 is 0. The number of amides is 2. The molecule has 3 aromatic carbocycles. The number of benzene rings is 3. The van der Waals surface area contributed by atoms with Crippen LogP contribution in [-0.4, -0.2) is 11.8 Å². The zero-order valence-corrected chi connectivity index (χ0v) is 15.5. The number of rotatable bonds is 6. The Kier molecular flexibility index (Phi) is 4.94. The van der Waals surface area contributed by atoms with Crippen molar-refractivity contribution in [2.75, 3.05) is 5.32 Å². The molecule has 0 spiro atoms. The predicted octanol–water partition coefficient (Wildman–Crippen LogP) is 4.29. The molecular formula is C24H22N2O2. The zero-order chi connectivity index (χ0) is 19.4. The molecule has 2 N–H and O–H groups in total. The van der Waals surface area contributed by atoms with E-state index in [-0.39, 0.29) is 11.8 Å². The Morgan fingerprint density at radius 1 is 0.786 bits per heavy atom. The van der Waals surface area contributed by atoms with E-state index in [4.69, 9.17) is 0 Å². The van der Waals surface area contributed by atoms with Gasteiger partial charge in [0, 0.05) is 17.8 Å². The van der Waals surface area contributed by atoms with Crippen LogP contribution in [0.5, 0.6) is 0 Å². The number of anilines is 1. The number of hydrogen-bond donors (Lipinski definition) is 2. The van der Waals surface area contributed by atoms with Gasteiger partial charge in [-0.1, -0.05) is 60.7 Å². The van der Waals surface area contributed by atoms with Crippen molar-refractivity contribution in [2.24, 2.45) is 0 Å². The SMILES string of the molecule is O=C(Nc1ccc(C2(C(=O)NCc3ccccc3)CC2)cc1)c1ccccc1. The van der Waals surface area contributed by atoms with Crippen molar-refractivity contribution in [2.45, 2.75) is 24.8 Å². The topological polar surface area (TPSA) is 58.2 Å². The van der Waals surface area contributed by atoms with Gasteiger partial charge in [-0.3, -0.25) is 9.59 Å². The van der Waals surface area contributed by atoms with Crippen LogP contribution in [0.25, 0.3) is 0 Å². The summed E-state index contributed by atoms with van der Waals surface area (Å²) in [6.45, 7) is 0.534. The number of hydrogen-bond acceptors (Lipinski definition) is 2. The first kappa shape index (κ1) is 18.0. The van der Waals surface area contributed by atoms with Crippen LogP contribution in [-0.2, 0) is 16.8 Å². The molecular weight excluding hydrogens is 348 g/mol. The molecule has 28 heavy (non-hydrogen) atoms. The van der Waals surface area contributed by atoms with E-state index in [1.807, 2.05) is 72.8 Å². The molecule has 0 atom stereocenters. The minimum absolute atomic E-state index is 0.0671. The molecule has 0 bridgehead atoms. The van der Waals surface area contributed by atoms with Gasteiger partial charge >= 0.3 is 0 Å². The fourth-order valence-electron chi connectivity index (χ4n) is 3.38. The van der Waals surface area contributed by atoms with E-state index in [1.54, 1.807) is 12.1 Å². The molecule has 2 amide bonds. The van der Waals surface area contributed by atoms with Crippen molar-refractivity contribution in [3.05, 3.63) is 102 Å². The van der Waals surface area contributed by atoms with Crippen LogP contribution in [0.1, 0.15) is 34.3 Å². The second-order valence-corrected chi connectivity index (χ2v) is 7.15. The maximum Gasteiger partial charge on any atom is 0.255 e. The molecule has 4 rings (SSSR count). The van der Waals surface area contributed by atoms with E-state index in [2.05, 4.69) is 10.6 Å². The molecule has 0 saturated heterocycles. The third-order valence-corrected chi connectivity index (χ3v) is 5.21. The highest BCUT2D eigenvalue weighted by atomic mass is 16.2. The third kappa shape index (κ3) is 3.81. The lowest BCUT2D eigenvalue weighted by Crippen LogP contribution is -2.34. The molecule has 4 heteroatoms. The van der Waals surface area contributed by atoms with Gasteiger partial charge in [-0.2, -0.15) is 0 Å². The van der Waals surface area contributed by atoms with Crippen molar-refractivity contribution in [3.8, 4) is 0 Å². The molecule has 0 aliphatic heterocycles. The fraction of sp³-hybridized carbons (Fsp3) is 0.167. The molecule has 3 aromatic rings. The Bertz CT molecular complexity index is 963. The van der Waals surface area contributed by atoms with Gasteiger partial charge in [0.15, 0.2) is 0 Å². The second kappa shape index (κ2) is 7.69. The molecule has 0 radical (unpaired) electrons. The highest BCUT2D eigenvalue weighted by molar-refractivity contribution is 6.04. The Morgan fingerprint density at radius 2 is 1.39 bits per heavy atom. The third-order valence-electron chi connectivity index (χ3n) is 5.21. The predicted molar refractivity (Wildman–Crippen MR) is 110 cm³/mol. The summed E-state index contributed by atoms with van der Waals surface area (Å²) in [5.41, 5.74) is 2.99. The second-order valence-electron chi connectivity index (χ2n) is 7.15. The summed E-state index contributed by atoms with van der Waals surface area (Å²) in [6.07, 6.45) is 1.70. The lowest BCUT2D eigenvalue weighted by Gasteiger charge is -2.16. The molecule has 1 aliphatic rings.